The Balaban J connectivity index is -0.000000259. The summed E-state index contributed by atoms with van der Waals surface area (Å²) in [6, 6.07) is 30.3. The van der Waals surface area contributed by atoms with Crippen LogP contribution >= 0.6 is 0 Å². The summed E-state index contributed by atoms with van der Waals surface area (Å²) >= 11 is 0. The predicted molar refractivity (Wildman–Crippen MR) is 329 cm³/mol. The Hall–Kier alpha value is -3.39. The largest absolute Gasteiger partial charge is 0.371 e. The maximum absolute atomic E-state index is 12.8. The Morgan fingerprint density at radius 3 is 0.795 bits per heavy atom. The van der Waals surface area contributed by atoms with Crippen molar-refractivity contribution in [2.24, 2.45) is 10.8 Å². The van der Waals surface area contributed by atoms with Gasteiger partial charge in [0, 0.05) is 41.1 Å². The predicted octanol–water partition coefficient (Wildman–Crippen LogP) is 24.9. The van der Waals surface area contributed by atoms with E-state index in [0.717, 1.165) is 13.8 Å². The maximum atomic E-state index is 12.8. The summed E-state index contributed by atoms with van der Waals surface area (Å²) in [6.07, 6.45) is 3.86. The Morgan fingerprint density at radius 1 is 0.397 bits per heavy atom. The van der Waals surface area contributed by atoms with Crippen LogP contribution < -0.4 is 0 Å². The molecule has 0 saturated heterocycles. The molecule has 454 valence electrons. The average molecular weight is 1150 g/mol. The van der Waals surface area contributed by atoms with Crippen molar-refractivity contribution in [2.45, 2.75) is 265 Å². The van der Waals surface area contributed by atoms with Gasteiger partial charge in [0.1, 0.15) is 5.82 Å². The van der Waals surface area contributed by atoms with Crippen LogP contribution in [0.25, 0.3) is 0 Å². The lowest BCUT2D eigenvalue weighted by atomic mass is 9.87. The second kappa shape index (κ2) is 37.6. The van der Waals surface area contributed by atoms with Gasteiger partial charge in [0.05, 0.1) is 0 Å². The topological polar surface area (TPSA) is 0 Å². The molecule has 0 atom stereocenters. The maximum Gasteiger partial charge on any atom is 0.371 e. The molecule has 0 aliphatic carbocycles. The van der Waals surface area contributed by atoms with E-state index in [2.05, 4.69) is 244 Å². The molecule has 4 rings (SSSR count). The second-order valence-electron chi connectivity index (χ2n) is 25.9. The third kappa shape index (κ3) is 39.9. The zero-order valence-electron chi connectivity index (χ0n) is 54.5. The third-order valence-corrected chi connectivity index (χ3v) is 18.3. The molecule has 0 unspecified atom stereocenters. The highest BCUT2D eigenvalue weighted by Crippen LogP contribution is 2.44. The molecule has 0 radical (unpaired) electrons. The monoisotopic (exact) mass is 1150 g/mol. The zero-order chi connectivity index (χ0) is 63.2. The molecule has 0 heterocycles. The summed E-state index contributed by atoms with van der Waals surface area (Å²) < 4.78 is 121. The second-order valence-corrected chi connectivity index (χ2v) is 37.6. The summed E-state index contributed by atoms with van der Waals surface area (Å²) in [4.78, 5) is 0. The minimum absolute atomic E-state index is 0.246. The number of hydrogen-bond acceptors (Lipinski definition) is 0. The fraction of sp³-hybridized carbons (Fsp3) is 0.636. The van der Waals surface area contributed by atoms with E-state index in [9.17, 15) is 43.9 Å². The van der Waals surface area contributed by atoms with Crippen molar-refractivity contribution in [3.05, 3.63) is 141 Å². The molecule has 0 aliphatic heterocycles. The molecule has 0 N–H and O–H groups in total. The van der Waals surface area contributed by atoms with Gasteiger partial charge in [0.2, 0.25) is 0 Å². The van der Waals surface area contributed by atoms with Crippen molar-refractivity contribution in [2.75, 3.05) is 0 Å². The van der Waals surface area contributed by atoms with Crippen LogP contribution in [0.2, 0.25) is 50.9 Å². The summed E-state index contributed by atoms with van der Waals surface area (Å²) in [6.45, 7) is 58.0. The molecule has 0 aliphatic rings. The summed E-state index contributed by atoms with van der Waals surface area (Å²) in [5.74, 6) is -19.6. The smallest absolute Gasteiger partial charge is 0.206 e. The highest BCUT2D eigenvalue weighted by atomic mass is 28.3. The van der Waals surface area contributed by atoms with Gasteiger partial charge in [0.15, 0.2) is 17.5 Å². The number of halogens is 10. The van der Waals surface area contributed by atoms with E-state index in [4.69, 9.17) is 0 Å². The van der Waals surface area contributed by atoms with E-state index >= 15 is 0 Å². The van der Waals surface area contributed by atoms with E-state index in [1.165, 1.54) is 70.8 Å². The Kier molecular flexibility index (Phi) is 40.2. The van der Waals surface area contributed by atoms with Gasteiger partial charge in [-0.2, -0.15) is 26.3 Å². The van der Waals surface area contributed by atoms with Crippen LogP contribution in [-0.4, -0.2) is 33.9 Å². The molecule has 0 spiro atoms. The first-order chi connectivity index (χ1) is 34.8. The molecule has 0 saturated carbocycles. The number of aryl methyl sites for hydroxylation is 4. The van der Waals surface area contributed by atoms with E-state index in [1.807, 2.05) is 0 Å². The molecule has 0 fully saturated rings. The molecule has 4 aromatic rings. The number of hydrogen-bond donors (Lipinski definition) is 0. The first kappa shape index (κ1) is 83.4. The summed E-state index contributed by atoms with van der Waals surface area (Å²) in [7, 11) is -1.28. The molecule has 0 bridgehead atoms. The minimum Gasteiger partial charge on any atom is -0.206 e. The Labute approximate surface area is 474 Å². The summed E-state index contributed by atoms with van der Waals surface area (Å²) in [5, 5.41) is 0. The van der Waals surface area contributed by atoms with E-state index < -0.39 is 68.3 Å². The van der Waals surface area contributed by atoms with Gasteiger partial charge in [0.25, 0.3) is 0 Å². The van der Waals surface area contributed by atoms with Gasteiger partial charge < -0.3 is 0 Å². The molecule has 78 heavy (non-hydrogen) atoms. The quantitative estimate of drug-likeness (QED) is 0.0714. The lowest BCUT2D eigenvalue weighted by Gasteiger charge is -2.27. The van der Waals surface area contributed by atoms with Crippen molar-refractivity contribution in [1.82, 2.24) is 0 Å². The fourth-order valence-electron chi connectivity index (χ4n) is 4.93. The van der Waals surface area contributed by atoms with Crippen LogP contribution in [0, 0.1) is 75.6 Å². The van der Waals surface area contributed by atoms with Crippen molar-refractivity contribution in [3.8, 4) is 0 Å². The highest BCUT2D eigenvalue weighted by molar-refractivity contribution is 6.78. The lowest BCUT2D eigenvalue weighted by molar-refractivity contribution is -0.295. The van der Waals surface area contributed by atoms with Crippen LogP contribution in [0.1, 0.15) is 194 Å². The number of rotatable bonds is 8. The first-order valence-corrected chi connectivity index (χ1v) is 35.0. The SMILES string of the molecule is CC(F)(F)C(F)(F)C(C)(F)F.CCC(C)(C)C.CCC(C)(C)CC.CC[Si](C)(CC)CC.C[Si](C)(C)C.Cc1c(F)c(C)c(F)c(F)c1F.Cc1ccc(C(C)(C)C)cc1.Cc1ccc(C(C)C)cc1.Cc1ccc(C)cc1. The fourth-order valence-corrected chi connectivity index (χ4v) is 6.43. The van der Waals surface area contributed by atoms with E-state index in [1.54, 1.807) is 0 Å². The number of alkyl halides is 6. The van der Waals surface area contributed by atoms with Crippen molar-refractivity contribution in [1.29, 1.82) is 0 Å². The lowest BCUT2D eigenvalue weighted by Crippen LogP contribution is -2.50. The van der Waals surface area contributed by atoms with E-state index in [-0.39, 0.29) is 19.3 Å². The van der Waals surface area contributed by atoms with Crippen LogP contribution in [0.4, 0.5) is 43.9 Å². The molecular formula is C66H112F10Si2. The third-order valence-electron chi connectivity index (χ3n) is 13.2. The van der Waals surface area contributed by atoms with Gasteiger partial charge in [-0.3, -0.25) is 0 Å². The Bertz CT molecular complexity index is 1980. The van der Waals surface area contributed by atoms with Gasteiger partial charge >= 0.3 is 17.8 Å². The summed E-state index contributed by atoms with van der Waals surface area (Å²) in [5.41, 5.74) is 8.58. The standard InChI is InChI=1S/C11H16.C10H14.C8H6F4.C8H10.C7H18Si.C7H16.C6H14.C5H6F6.C4H12Si/c1-9-5-7-10(8-6-9)11(2,3)4;1-8(2)10-6-4-9(3)5-7-10;1-3-5(9)4(2)7(11)8(12)6(3)10;1-7-3-5-8(2)6-4-7;1-5-8(4,6-2)7-3;1-5-7(3,4)6-2;1-5-6(2,3)4;1-3(6,7)5(10,11)4(2,8)9;1-5(2,3)4/h5-8H,1-4H3;4-8H,1-3H3;1-2H3;3-6H,1-2H3;5-7H2,1-4H3;5-6H2,1-4H3;5H2,1-4H3;1-2H3;1-4H3. The Morgan fingerprint density at radius 2 is 0.641 bits per heavy atom. The van der Waals surface area contributed by atoms with Crippen molar-refractivity contribution in [3.63, 3.8) is 0 Å². The molecular weight excluding hydrogens is 1040 g/mol. The molecule has 4 aromatic carbocycles. The van der Waals surface area contributed by atoms with Gasteiger partial charge in [-0.1, -0.05) is 276 Å². The van der Waals surface area contributed by atoms with Gasteiger partial charge in [-0.25, -0.2) is 17.6 Å². The van der Waals surface area contributed by atoms with Crippen LogP contribution in [0.15, 0.2) is 72.8 Å². The average Bonchev–Trinajstić information content (AvgIpc) is 3.32. The molecule has 0 nitrogen and oxygen atoms in total. The highest BCUT2D eigenvalue weighted by Gasteiger charge is 2.66. The van der Waals surface area contributed by atoms with Crippen LogP contribution in [-0.2, 0) is 5.41 Å². The van der Waals surface area contributed by atoms with Crippen LogP contribution in [0.5, 0.6) is 0 Å². The van der Waals surface area contributed by atoms with Gasteiger partial charge in [-0.15, -0.1) is 0 Å². The molecule has 12 heteroatoms. The minimum atomic E-state index is -5.29. The molecule has 0 amide bonds. The first-order valence-electron chi connectivity index (χ1n) is 27.9. The van der Waals surface area contributed by atoms with Crippen molar-refractivity contribution < 1.29 is 43.9 Å². The number of benzene rings is 4. The van der Waals surface area contributed by atoms with Crippen molar-refractivity contribution >= 4 is 16.1 Å². The molecule has 0 aromatic heterocycles. The van der Waals surface area contributed by atoms with Crippen LogP contribution in [0.3, 0.4) is 0 Å². The zero-order valence-corrected chi connectivity index (χ0v) is 56.5. The van der Waals surface area contributed by atoms with E-state index in [0.29, 0.717) is 16.7 Å². The normalized spacial score (nSPS) is 11.7. The van der Waals surface area contributed by atoms with Gasteiger partial charge in [-0.05, 0) is 74.8 Å².